The molecular weight excluding hydrogens is 304 g/mol. The molecule has 0 radical (unpaired) electrons. The van der Waals surface area contributed by atoms with Crippen LogP contribution in [-0.4, -0.2) is 30.6 Å². The minimum absolute atomic E-state index is 0.195. The molecular formula is C19H16N2O3. The number of carbonyl (C=O) groups is 2. The van der Waals surface area contributed by atoms with Gasteiger partial charge in [0.05, 0.1) is 11.4 Å². The van der Waals surface area contributed by atoms with Crippen LogP contribution in [0.1, 0.15) is 33.2 Å². The molecule has 2 aromatic carbocycles. The lowest BCUT2D eigenvalue weighted by molar-refractivity contribution is 0.0886. The Morgan fingerprint density at radius 3 is 2.12 bits per heavy atom. The van der Waals surface area contributed by atoms with Crippen molar-refractivity contribution >= 4 is 29.2 Å². The van der Waals surface area contributed by atoms with Gasteiger partial charge in [-0.15, -0.1) is 0 Å². The van der Waals surface area contributed by atoms with Gasteiger partial charge in [0, 0.05) is 17.3 Å². The summed E-state index contributed by atoms with van der Waals surface area (Å²) in [6, 6.07) is 14.2. The lowest BCUT2D eigenvalue weighted by atomic mass is 10.1. The average Bonchev–Trinajstić information content (AvgIpc) is 2.85. The number of aliphatic imine (C=N–C) groups is 1. The molecule has 24 heavy (non-hydrogen) atoms. The van der Waals surface area contributed by atoms with Gasteiger partial charge in [0.2, 0.25) is 0 Å². The Balaban J connectivity index is 1.79. The molecule has 0 unspecified atom stereocenters. The molecule has 0 atom stereocenters. The third-order valence-corrected chi connectivity index (χ3v) is 3.91. The number of Topliss-reactive ketones (excluding diaryl/α,β-unsaturated/α-hetero) is 2. The van der Waals surface area contributed by atoms with E-state index in [2.05, 4.69) is 10.1 Å². The molecule has 0 saturated heterocycles. The zero-order valence-corrected chi connectivity index (χ0v) is 13.4. The van der Waals surface area contributed by atoms with Gasteiger partial charge in [-0.25, -0.2) is 0 Å². The van der Waals surface area contributed by atoms with Crippen LogP contribution >= 0.6 is 0 Å². The van der Waals surface area contributed by atoms with Gasteiger partial charge in [0.15, 0.2) is 11.6 Å². The zero-order valence-electron chi connectivity index (χ0n) is 13.4. The van der Waals surface area contributed by atoms with Crippen molar-refractivity contribution in [2.75, 3.05) is 7.11 Å². The topological polar surface area (TPSA) is 68.1 Å². The van der Waals surface area contributed by atoms with Crippen LogP contribution in [0.5, 0.6) is 0 Å². The van der Waals surface area contributed by atoms with E-state index >= 15 is 0 Å². The SMILES string of the molecule is CON=C(C)c1ccc(N=CC2C(=O)c3ccccc3C2=O)cc1. The van der Waals surface area contributed by atoms with E-state index in [1.807, 2.05) is 19.1 Å². The minimum atomic E-state index is -0.834. The highest BCUT2D eigenvalue weighted by atomic mass is 16.6. The first-order valence-corrected chi connectivity index (χ1v) is 7.51. The summed E-state index contributed by atoms with van der Waals surface area (Å²) in [6.45, 7) is 1.84. The van der Waals surface area contributed by atoms with Crippen LogP contribution < -0.4 is 0 Å². The van der Waals surface area contributed by atoms with E-state index in [-0.39, 0.29) is 11.6 Å². The lowest BCUT2D eigenvalue weighted by Gasteiger charge is -2.01. The fourth-order valence-electron chi connectivity index (χ4n) is 2.64. The van der Waals surface area contributed by atoms with Gasteiger partial charge in [0.1, 0.15) is 13.0 Å². The molecule has 2 aromatic rings. The van der Waals surface area contributed by atoms with E-state index in [1.54, 1.807) is 36.4 Å². The maximum absolute atomic E-state index is 12.3. The highest BCUT2D eigenvalue weighted by molar-refractivity contribution is 6.33. The molecule has 5 nitrogen and oxygen atoms in total. The molecule has 1 aliphatic carbocycles. The molecule has 3 rings (SSSR count). The summed E-state index contributed by atoms with van der Waals surface area (Å²) in [5, 5.41) is 3.87. The summed E-state index contributed by atoms with van der Waals surface area (Å²) in [5.74, 6) is -1.23. The predicted octanol–water partition coefficient (Wildman–Crippen LogP) is 3.45. The molecule has 120 valence electrons. The van der Waals surface area contributed by atoms with E-state index in [0.717, 1.165) is 11.3 Å². The smallest absolute Gasteiger partial charge is 0.179 e. The molecule has 0 aromatic heterocycles. The van der Waals surface area contributed by atoms with Gasteiger partial charge in [0.25, 0.3) is 0 Å². The molecule has 0 amide bonds. The molecule has 0 saturated carbocycles. The second kappa shape index (κ2) is 6.58. The van der Waals surface area contributed by atoms with Crippen molar-refractivity contribution in [1.82, 2.24) is 0 Å². The number of fused-ring (bicyclic) bond motifs is 1. The van der Waals surface area contributed by atoms with Crippen molar-refractivity contribution in [2.24, 2.45) is 16.1 Å². The van der Waals surface area contributed by atoms with Gasteiger partial charge in [-0.2, -0.15) is 0 Å². The number of carbonyl (C=O) groups excluding carboxylic acids is 2. The number of oxime groups is 1. The third kappa shape index (κ3) is 2.88. The monoisotopic (exact) mass is 320 g/mol. The minimum Gasteiger partial charge on any atom is -0.399 e. The first-order valence-electron chi connectivity index (χ1n) is 7.51. The van der Waals surface area contributed by atoms with Crippen molar-refractivity contribution in [2.45, 2.75) is 6.92 Å². The Bertz CT molecular complexity index is 816. The Hall–Kier alpha value is -3.08. The Labute approximate surface area is 139 Å². The summed E-state index contributed by atoms with van der Waals surface area (Å²) in [7, 11) is 1.50. The molecule has 0 fully saturated rings. The number of hydrogen-bond acceptors (Lipinski definition) is 5. The first-order chi connectivity index (χ1) is 11.6. The maximum Gasteiger partial charge on any atom is 0.179 e. The third-order valence-electron chi connectivity index (χ3n) is 3.91. The second-order valence-electron chi connectivity index (χ2n) is 5.44. The van der Waals surface area contributed by atoms with Crippen molar-refractivity contribution in [1.29, 1.82) is 0 Å². The maximum atomic E-state index is 12.3. The van der Waals surface area contributed by atoms with Crippen LogP contribution in [-0.2, 0) is 4.84 Å². The van der Waals surface area contributed by atoms with Gasteiger partial charge >= 0.3 is 0 Å². The number of ketones is 2. The first kappa shape index (κ1) is 15.8. The number of rotatable bonds is 4. The van der Waals surface area contributed by atoms with Crippen LogP contribution in [0.3, 0.4) is 0 Å². The van der Waals surface area contributed by atoms with Gasteiger partial charge in [-0.1, -0.05) is 41.6 Å². The molecule has 0 N–H and O–H groups in total. The molecule has 0 aliphatic heterocycles. The largest absolute Gasteiger partial charge is 0.399 e. The van der Waals surface area contributed by atoms with Crippen LogP contribution in [0.15, 0.2) is 58.7 Å². The highest BCUT2D eigenvalue weighted by Crippen LogP contribution is 2.26. The number of nitrogens with zero attached hydrogens (tertiary/aromatic N) is 2. The quantitative estimate of drug-likeness (QED) is 0.492. The summed E-state index contributed by atoms with van der Waals surface area (Å²) in [5.41, 5.74) is 3.28. The van der Waals surface area contributed by atoms with Crippen molar-refractivity contribution in [3.8, 4) is 0 Å². The van der Waals surface area contributed by atoms with Crippen molar-refractivity contribution in [3.63, 3.8) is 0 Å². The van der Waals surface area contributed by atoms with Crippen LogP contribution in [0.4, 0.5) is 5.69 Å². The molecule has 5 heteroatoms. The van der Waals surface area contributed by atoms with Crippen LogP contribution in [0, 0.1) is 5.92 Å². The van der Waals surface area contributed by atoms with E-state index in [4.69, 9.17) is 4.84 Å². The second-order valence-corrected chi connectivity index (χ2v) is 5.44. The highest BCUT2D eigenvalue weighted by Gasteiger charge is 2.36. The molecule has 1 aliphatic rings. The van der Waals surface area contributed by atoms with Crippen LogP contribution in [0.2, 0.25) is 0 Å². The average molecular weight is 320 g/mol. The summed E-state index contributed by atoms with van der Waals surface area (Å²) >= 11 is 0. The normalized spacial score (nSPS) is 15.2. The molecule has 0 spiro atoms. The summed E-state index contributed by atoms with van der Waals surface area (Å²) < 4.78 is 0. The lowest BCUT2D eigenvalue weighted by Crippen LogP contribution is -2.16. The van der Waals surface area contributed by atoms with Crippen molar-refractivity contribution in [3.05, 3.63) is 65.2 Å². The summed E-state index contributed by atoms with van der Waals surface area (Å²) in [6.07, 6.45) is 1.43. The van der Waals surface area contributed by atoms with E-state index in [9.17, 15) is 9.59 Å². The zero-order chi connectivity index (χ0) is 17.1. The number of benzene rings is 2. The fourth-order valence-corrected chi connectivity index (χ4v) is 2.64. The molecule has 0 bridgehead atoms. The number of hydrogen-bond donors (Lipinski definition) is 0. The van der Waals surface area contributed by atoms with Gasteiger partial charge < -0.3 is 4.84 Å². The van der Waals surface area contributed by atoms with Crippen LogP contribution in [0.25, 0.3) is 0 Å². The summed E-state index contributed by atoms with van der Waals surface area (Å²) in [4.78, 5) is 33.6. The Morgan fingerprint density at radius 2 is 1.58 bits per heavy atom. The van der Waals surface area contributed by atoms with Crippen molar-refractivity contribution < 1.29 is 14.4 Å². The molecule has 0 heterocycles. The van der Waals surface area contributed by atoms with E-state index in [1.165, 1.54) is 13.3 Å². The standard InChI is InChI=1S/C19H16N2O3/c1-12(21-24-2)13-7-9-14(10-8-13)20-11-17-18(22)15-5-3-4-6-16(15)19(17)23/h3-11,17H,1-2H3. The Kier molecular flexibility index (Phi) is 4.33. The fraction of sp³-hybridized carbons (Fsp3) is 0.158. The van der Waals surface area contributed by atoms with Gasteiger partial charge in [-0.3, -0.25) is 14.6 Å². The van der Waals surface area contributed by atoms with Gasteiger partial charge in [-0.05, 0) is 24.6 Å². The Morgan fingerprint density at radius 1 is 1.00 bits per heavy atom. The predicted molar refractivity (Wildman–Crippen MR) is 92.4 cm³/mol. The van der Waals surface area contributed by atoms with E-state index in [0.29, 0.717) is 16.8 Å². The van der Waals surface area contributed by atoms with E-state index < -0.39 is 5.92 Å².